The Hall–Kier alpha value is -1.76. The van der Waals surface area contributed by atoms with Crippen LogP contribution in [0.3, 0.4) is 0 Å². The molecule has 0 saturated heterocycles. The van der Waals surface area contributed by atoms with Gasteiger partial charge >= 0.3 is 0 Å². The van der Waals surface area contributed by atoms with Crippen molar-refractivity contribution in [3.63, 3.8) is 0 Å². The van der Waals surface area contributed by atoms with Crippen LogP contribution in [-0.2, 0) is 14.8 Å². The lowest BCUT2D eigenvalue weighted by Gasteiger charge is -2.24. The fourth-order valence-electron chi connectivity index (χ4n) is 2.71. The van der Waals surface area contributed by atoms with Crippen molar-refractivity contribution in [1.29, 1.82) is 0 Å². The van der Waals surface area contributed by atoms with E-state index in [2.05, 4.69) is 5.32 Å². The minimum absolute atomic E-state index is 0.163. The predicted octanol–water partition coefficient (Wildman–Crippen LogP) is 4.83. The van der Waals surface area contributed by atoms with Crippen molar-refractivity contribution in [2.75, 3.05) is 22.4 Å². The van der Waals surface area contributed by atoms with Crippen LogP contribution in [0, 0.1) is 6.92 Å². The Morgan fingerprint density at radius 3 is 2.44 bits per heavy atom. The van der Waals surface area contributed by atoms with E-state index in [1.165, 1.54) is 12.1 Å². The van der Waals surface area contributed by atoms with Gasteiger partial charge in [-0.05, 0) is 42.2 Å². The molecular weight excluding hydrogens is 407 g/mol. The number of nitrogens with one attached hydrogen (secondary N) is 1. The van der Waals surface area contributed by atoms with Crippen LogP contribution >= 0.6 is 23.2 Å². The van der Waals surface area contributed by atoms with Crippen LogP contribution in [0.2, 0.25) is 10.0 Å². The van der Waals surface area contributed by atoms with E-state index in [9.17, 15) is 13.2 Å². The largest absolute Gasteiger partial charge is 0.324 e. The van der Waals surface area contributed by atoms with E-state index in [0.29, 0.717) is 10.7 Å². The van der Waals surface area contributed by atoms with Crippen molar-refractivity contribution in [2.45, 2.75) is 26.7 Å². The highest BCUT2D eigenvalue weighted by Crippen LogP contribution is 2.31. The molecule has 0 aliphatic rings. The van der Waals surface area contributed by atoms with Crippen LogP contribution in [-0.4, -0.2) is 27.1 Å². The first-order chi connectivity index (χ1) is 12.5. The van der Waals surface area contributed by atoms with Crippen LogP contribution < -0.4 is 9.62 Å². The number of para-hydroxylation sites is 1. The van der Waals surface area contributed by atoms with Crippen molar-refractivity contribution in [2.24, 2.45) is 0 Å². The first-order valence-electron chi connectivity index (χ1n) is 8.33. The van der Waals surface area contributed by atoms with E-state index < -0.39 is 22.5 Å². The van der Waals surface area contributed by atoms with Crippen molar-refractivity contribution in [3.8, 4) is 0 Å². The first-order valence-corrected chi connectivity index (χ1v) is 10.9. The standard InChI is InChI=1S/C19H22Cl2N2O3S/c1-12(2)15-7-5-6-13(3)19(15)22-18(24)11-23(27(4,25)26)17-10-14(20)8-9-16(17)21/h5-10,12H,11H2,1-4H3,(H,22,24). The second kappa shape index (κ2) is 8.50. The Kier molecular flexibility index (Phi) is 6.78. The zero-order valence-corrected chi connectivity index (χ0v) is 17.9. The Bertz CT molecular complexity index is 959. The van der Waals surface area contributed by atoms with E-state index in [-0.39, 0.29) is 16.6 Å². The molecule has 2 aromatic carbocycles. The lowest BCUT2D eigenvalue weighted by molar-refractivity contribution is -0.114. The Balaban J connectivity index is 2.35. The topological polar surface area (TPSA) is 66.5 Å². The second-order valence-corrected chi connectivity index (χ2v) is 9.36. The Morgan fingerprint density at radius 1 is 1.19 bits per heavy atom. The zero-order valence-electron chi connectivity index (χ0n) is 15.6. The summed E-state index contributed by atoms with van der Waals surface area (Å²) < 4.78 is 25.5. The number of hydrogen-bond donors (Lipinski definition) is 1. The van der Waals surface area contributed by atoms with Crippen LogP contribution in [0.25, 0.3) is 0 Å². The van der Waals surface area contributed by atoms with Gasteiger partial charge in [-0.3, -0.25) is 9.10 Å². The number of nitrogens with zero attached hydrogens (tertiary/aromatic N) is 1. The molecule has 0 aliphatic heterocycles. The quantitative estimate of drug-likeness (QED) is 0.715. The number of hydrogen-bond acceptors (Lipinski definition) is 3. The highest BCUT2D eigenvalue weighted by atomic mass is 35.5. The highest BCUT2D eigenvalue weighted by Gasteiger charge is 2.24. The average molecular weight is 429 g/mol. The summed E-state index contributed by atoms with van der Waals surface area (Å²) in [6.45, 7) is 5.53. The molecule has 8 heteroatoms. The van der Waals surface area contributed by atoms with E-state index >= 15 is 0 Å². The molecule has 1 amide bonds. The van der Waals surface area contributed by atoms with Gasteiger partial charge in [0.1, 0.15) is 6.54 Å². The van der Waals surface area contributed by atoms with Crippen LogP contribution in [0.5, 0.6) is 0 Å². The van der Waals surface area contributed by atoms with Crippen molar-refractivity contribution in [1.82, 2.24) is 0 Å². The second-order valence-electron chi connectivity index (χ2n) is 6.61. The number of carbonyl (C=O) groups excluding carboxylic acids is 1. The molecule has 5 nitrogen and oxygen atoms in total. The van der Waals surface area contributed by atoms with Gasteiger partial charge in [0, 0.05) is 10.7 Å². The lowest BCUT2D eigenvalue weighted by Crippen LogP contribution is -2.37. The van der Waals surface area contributed by atoms with Gasteiger partial charge in [-0.25, -0.2) is 8.42 Å². The van der Waals surface area contributed by atoms with Gasteiger partial charge in [0.15, 0.2) is 0 Å². The lowest BCUT2D eigenvalue weighted by atomic mass is 9.98. The predicted molar refractivity (Wildman–Crippen MR) is 113 cm³/mol. The number of amides is 1. The third-order valence-electron chi connectivity index (χ3n) is 4.06. The first kappa shape index (κ1) is 21.5. The van der Waals surface area contributed by atoms with Gasteiger partial charge in [0.2, 0.25) is 15.9 Å². The molecule has 2 rings (SSSR count). The molecule has 0 radical (unpaired) electrons. The SMILES string of the molecule is Cc1cccc(C(C)C)c1NC(=O)CN(c1cc(Cl)ccc1Cl)S(C)(=O)=O. The fraction of sp³-hybridized carbons (Fsp3) is 0.316. The van der Waals surface area contributed by atoms with Gasteiger partial charge in [-0.2, -0.15) is 0 Å². The summed E-state index contributed by atoms with van der Waals surface area (Å²) in [6.07, 6.45) is 1.02. The van der Waals surface area contributed by atoms with Gasteiger partial charge in [-0.1, -0.05) is 55.2 Å². The molecule has 0 saturated carbocycles. The molecule has 0 bridgehead atoms. The third-order valence-corrected chi connectivity index (χ3v) is 5.74. The van der Waals surface area contributed by atoms with Crippen LogP contribution in [0.4, 0.5) is 11.4 Å². The molecule has 0 fully saturated rings. The number of anilines is 2. The van der Waals surface area contributed by atoms with Crippen LogP contribution in [0.1, 0.15) is 30.9 Å². The van der Waals surface area contributed by atoms with E-state index in [4.69, 9.17) is 23.2 Å². The summed E-state index contributed by atoms with van der Waals surface area (Å²) >= 11 is 12.1. The Labute approximate surface area is 170 Å². The van der Waals surface area contributed by atoms with E-state index in [0.717, 1.165) is 21.7 Å². The number of sulfonamides is 1. The molecule has 0 atom stereocenters. The molecule has 0 aliphatic carbocycles. The molecule has 0 aromatic heterocycles. The molecule has 0 spiro atoms. The molecule has 146 valence electrons. The van der Waals surface area contributed by atoms with Gasteiger partial charge in [-0.15, -0.1) is 0 Å². The summed E-state index contributed by atoms with van der Waals surface area (Å²) in [5.41, 5.74) is 2.75. The van der Waals surface area contributed by atoms with E-state index in [1.807, 2.05) is 39.0 Å². The Morgan fingerprint density at radius 2 is 1.85 bits per heavy atom. The normalized spacial score (nSPS) is 11.5. The summed E-state index contributed by atoms with van der Waals surface area (Å²) in [6, 6.07) is 10.2. The summed E-state index contributed by atoms with van der Waals surface area (Å²) in [7, 11) is -3.75. The summed E-state index contributed by atoms with van der Waals surface area (Å²) in [5, 5.41) is 3.36. The summed E-state index contributed by atoms with van der Waals surface area (Å²) in [5.74, 6) is -0.263. The molecule has 1 N–H and O–H groups in total. The molecule has 2 aromatic rings. The molecule has 0 unspecified atom stereocenters. The number of rotatable bonds is 6. The average Bonchev–Trinajstić information content (AvgIpc) is 2.55. The third kappa shape index (κ3) is 5.37. The van der Waals surface area contributed by atoms with E-state index in [1.54, 1.807) is 6.07 Å². The minimum atomic E-state index is -3.75. The number of benzene rings is 2. The maximum absolute atomic E-state index is 12.7. The maximum Gasteiger partial charge on any atom is 0.245 e. The minimum Gasteiger partial charge on any atom is -0.324 e. The van der Waals surface area contributed by atoms with Gasteiger partial charge in [0.05, 0.1) is 17.0 Å². The highest BCUT2D eigenvalue weighted by molar-refractivity contribution is 7.92. The fourth-order valence-corrected chi connectivity index (χ4v) is 4.01. The summed E-state index contributed by atoms with van der Waals surface area (Å²) in [4.78, 5) is 12.7. The number of carbonyl (C=O) groups is 1. The van der Waals surface area contributed by atoms with Gasteiger partial charge < -0.3 is 5.32 Å². The van der Waals surface area contributed by atoms with Crippen LogP contribution in [0.15, 0.2) is 36.4 Å². The number of aryl methyl sites for hydroxylation is 1. The zero-order chi connectivity index (χ0) is 20.4. The van der Waals surface area contributed by atoms with Crippen molar-refractivity contribution in [3.05, 3.63) is 57.6 Å². The number of halogens is 2. The molecular formula is C19H22Cl2N2O3S. The van der Waals surface area contributed by atoms with Gasteiger partial charge in [0.25, 0.3) is 0 Å². The van der Waals surface area contributed by atoms with Crippen molar-refractivity contribution < 1.29 is 13.2 Å². The molecule has 27 heavy (non-hydrogen) atoms. The molecule has 0 heterocycles. The van der Waals surface area contributed by atoms with Crippen molar-refractivity contribution >= 4 is 50.5 Å². The smallest absolute Gasteiger partial charge is 0.245 e. The maximum atomic E-state index is 12.7. The monoisotopic (exact) mass is 428 g/mol.